The van der Waals surface area contributed by atoms with Crippen molar-refractivity contribution < 1.29 is 9.53 Å². The molecular weight excluding hydrogens is 394 g/mol. The molecule has 0 radical (unpaired) electrons. The van der Waals surface area contributed by atoms with Crippen molar-refractivity contribution in [2.75, 3.05) is 7.11 Å². The fourth-order valence-electron chi connectivity index (χ4n) is 2.96. The second-order valence-corrected chi connectivity index (χ2v) is 7.44. The normalized spacial score (nSPS) is 10.6. The maximum absolute atomic E-state index is 11.6. The molecule has 0 fully saturated rings. The molecule has 0 atom stereocenters. The number of ether oxygens (including phenoxy) is 1. The molecule has 0 N–H and O–H groups in total. The summed E-state index contributed by atoms with van der Waals surface area (Å²) < 4.78 is 4.74. The Morgan fingerprint density at radius 1 is 0.800 bits per heavy atom. The van der Waals surface area contributed by atoms with E-state index in [9.17, 15) is 4.79 Å². The van der Waals surface area contributed by atoms with Crippen LogP contribution in [0.15, 0.2) is 90.1 Å². The first kappa shape index (κ1) is 19.8. The van der Waals surface area contributed by atoms with E-state index in [0.717, 1.165) is 28.1 Å². The predicted octanol–water partition coefficient (Wildman–Crippen LogP) is 5.28. The molecule has 0 aliphatic carbocycles. The first-order chi connectivity index (χ1) is 14.7. The van der Waals surface area contributed by atoms with Crippen molar-refractivity contribution in [1.82, 2.24) is 15.2 Å². The number of thioether (sulfide) groups is 1. The number of hydrogen-bond donors (Lipinski definition) is 0. The van der Waals surface area contributed by atoms with E-state index in [1.807, 2.05) is 72.8 Å². The van der Waals surface area contributed by atoms with Crippen LogP contribution in [0.3, 0.4) is 0 Å². The van der Waals surface area contributed by atoms with Crippen LogP contribution in [0.4, 0.5) is 0 Å². The Bertz CT molecular complexity index is 1130. The van der Waals surface area contributed by atoms with Crippen LogP contribution in [-0.4, -0.2) is 28.3 Å². The summed E-state index contributed by atoms with van der Waals surface area (Å²) in [6.45, 7) is 0. The molecule has 3 aromatic carbocycles. The van der Waals surface area contributed by atoms with Crippen LogP contribution in [0.25, 0.3) is 22.5 Å². The van der Waals surface area contributed by atoms with Crippen molar-refractivity contribution in [3.63, 3.8) is 0 Å². The second-order valence-electron chi connectivity index (χ2n) is 6.50. The van der Waals surface area contributed by atoms with Gasteiger partial charge in [0.25, 0.3) is 0 Å². The van der Waals surface area contributed by atoms with E-state index in [-0.39, 0.29) is 5.97 Å². The van der Waals surface area contributed by atoms with Crippen molar-refractivity contribution in [3.8, 4) is 22.5 Å². The fourth-order valence-corrected chi connectivity index (χ4v) is 3.71. The van der Waals surface area contributed by atoms with Gasteiger partial charge in [-0.05, 0) is 17.7 Å². The van der Waals surface area contributed by atoms with E-state index in [1.54, 1.807) is 12.1 Å². The lowest BCUT2D eigenvalue weighted by Crippen LogP contribution is -2.01. The van der Waals surface area contributed by atoms with Gasteiger partial charge in [0.05, 0.1) is 12.7 Å². The molecule has 0 aliphatic heterocycles. The number of esters is 1. The summed E-state index contributed by atoms with van der Waals surface area (Å²) in [5.41, 5.74) is 5.13. The van der Waals surface area contributed by atoms with E-state index in [0.29, 0.717) is 16.5 Å². The van der Waals surface area contributed by atoms with Gasteiger partial charge in [-0.2, -0.15) is 0 Å². The average Bonchev–Trinajstić information content (AvgIpc) is 2.83. The van der Waals surface area contributed by atoms with Crippen molar-refractivity contribution in [2.24, 2.45) is 0 Å². The van der Waals surface area contributed by atoms with Gasteiger partial charge >= 0.3 is 5.97 Å². The maximum atomic E-state index is 11.6. The van der Waals surface area contributed by atoms with E-state index < -0.39 is 0 Å². The van der Waals surface area contributed by atoms with Gasteiger partial charge in [0.1, 0.15) is 11.4 Å². The molecule has 0 aliphatic rings. The number of benzene rings is 3. The Labute approximate surface area is 179 Å². The van der Waals surface area contributed by atoms with Crippen molar-refractivity contribution in [3.05, 3.63) is 96.1 Å². The third-order valence-corrected chi connectivity index (χ3v) is 5.41. The topological polar surface area (TPSA) is 65.0 Å². The van der Waals surface area contributed by atoms with Crippen LogP contribution in [-0.2, 0) is 10.5 Å². The Morgan fingerprint density at radius 3 is 2.00 bits per heavy atom. The third-order valence-electron chi connectivity index (χ3n) is 4.50. The van der Waals surface area contributed by atoms with Crippen molar-refractivity contribution in [1.29, 1.82) is 0 Å². The molecule has 0 amide bonds. The van der Waals surface area contributed by atoms with Crippen LogP contribution in [0, 0.1) is 0 Å². The van der Waals surface area contributed by atoms with Gasteiger partial charge in [-0.25, -0.2) is 9.78 Å². The summed E-state index contributed by atoms with van der Waals surface area (Å²) in [5, 5.41) is 9.44. The smallest absolute Gasteiger partial charge is 0.337 e. The zero-order valence-corrected chi connectivity index (χ0v) is 17.2. The highest BCUT2D eigenvalue weighted by molar-refractivity contribution is 7.98. The Morgan fingerprint density at radius 2 is 1.40 bits per heavy atom. The highest BCUT2D eigenvalue weighted by Crippen LogP contribution is 2.30. The first-order valence-corrected chi connectivity index (χ1v) is 10.4. The number of aromatic nitrogens is 3. The standard InChI is InChI=1S/C24H19N3O2S/c1-29-23(28)20-14-12-17(13-15-20)16-30-24-25-21(18-8-4-2-5-9-18)22(26-27-24)19-10-6-3-7-11-19/h2-15H,16H2,1H3. The van der Waals surface area contributed by atoms with Crippen LogP contribution in [0.2, 0.25) is 0 Å². The third kappa shape index (κ3) is 4.55. The molecule has 30 heavy (non-hydrogen) atoms. The number of carbonyl (C=O) groups is 1. The molecule has 1 aromatic heterocycles. The number of carbonyl (C=O) groups excluding carboxylic acids is 1. The SMILES string of the molecule is COC(=O)c1ccc(CSc2nnc(-c3ccccc3)c(-c3ccccc3)n2)cc1. The zero-order chi connectivity index (χ0) is 20.8. The fraction of sp³-hybridized carbons (Fsp3) is 0.0833. The lowest BCUT2D eigenvalue weighted by atomic mass is 10.0. The molecule has 0 saturated heterocycles. The van der Waals surface area contributed by atoms with Crippen molar-refractivity contribution in [2.45, 2.75) is 10.9 Å². The van der Waals surface area contributed by atoms with Crippen LogP contribution in [0.1, 0.15) is 15.9 Å². The predicted molar refractivity (Wildman–Crippen MR) is 118 cm³/mol. The van der Waals surface area contributed by atoms with Gasteiger partial charge in [-0.15, -0.1) is 10.2 Å². The number of hydrogen-bond acceptors (Lipinski definition) is 6. The van der Waals surface area contributed by atoms with Crippen LogP contribution < -0.4 is 0 Å². The molecule has 4 aromatic rings. The minimum absolute atomic E-state index is 0.342. The van der Waals surface area contributed by atoms with Gasteiger partial charge in [0.15, 0.2) is 0 Å². The van der Waals surface area contributed by atoms with E-state index >= 15 is 0 Å². The van der Waals surface area contributed by atoms with Gasteiger partial charge < -0.3 is 4.74 Å². The maximum Gasteiger partial charge on any atom is 0.337 e. The summed E-state index contributed by atoms with van der Waals surface area (Å²) in [5.74, 6) is 0.327. The van der Waals surface area contributed by atoms with Crippen molar-refractivity contribution >= 4 is 17.7 Å². The lowest BCUT2D eigenvalue weighted by molar-refractivity contribution is 0.0600. The summed E-state index contributed by atoms with van der Waals surface area (Å²) in [4.78, 5) is 16.4. The minimum atomic E-state index is -0.342. The van der Waals surface area contributed by atoms with Gasteiger partial charge in [-0.1, -0.05) is 84.6 Å². The largest absolute Gasteiger partial charge is 0.465 e. The summed E-state index contributed by atoms with van der Waals surface area (Å²) >= 11 is 1.51. The van der Waals surface area contributed by atoms with E-state index in [4.69, 9.17) is 9.72 Å². The highest BCUT2D eigenvalue weighted by atomic mass is 32.2. The number of rotatable bonds is 6. The lowest BCUT2D eigenvalue weighted by Gasteiger charge is -2.09. The van der Waals surface area contributed by atoms with Crippen LogP contribution in [0.5, 0.6) is 0 Å². The number of nitrogens with zero attached hydrogens (tertiary/aromatic N) is 3. The second kappa shape index (κ2) is 9.33. The molecule has 1 heterocycles. The molecular formula is C24H19N3O2S. The molecule has 0 bridgehead atoms. The Hall–Kier alpha value is -3.51. The summed E-state index contributed by atoms with van der Waals surface area (Å²) in [7, 11) is 1.37. The molecule has 0 spiro atoms. The molecule has 0 saturated carbocycles. The quantitative estimate of drug-likeness (QED) is 0.316. The number of methoxy groups -OCH3 is 1. The molecule has 148 valence electrons. The summed E-state index contributed by atoms with van der Waals surface area (Å²) in [6, 6.07) is 27.3. The molecule has 6 heteroatoms. The zero-order valence-electron chi connectivity index (χ0n) is 16.4. The monoisotopic (exact) mass is 413 g/mol. The molecule has 4 rings (SSSR count). The Balaban J connectivity index is 1.59. The average molecular weight is 414 g/mol. The molecule has 0 unspecified atom stereocenters. The first-order valence-electron chi connectivity index (χ1n) is 9.40. The summed E-state index contributed by atoms with van der Waals surface area (Å²) in [6.07, 6.45) is 0. The van der Waals surface area contributed by atoms with E-state index in [2.05, 4.69) is 10.2 Å². The van der Waals surface area contributed by atoms with Gasteiger partial charge in [0, 0.05) is 16.9 Å². The van der Waals surface area contributed by atoms with E-state index in [1.165, 1.54) is 18.9 Å². The minimum Gasteiger partial charge on any atom is -0.465 e. The van der Waals surface area contributed by atoms with Gasteiger partial charge in [-0.3, -0.25) is 0 Å². The molecule has 5 nitrogen and oxygen atoms in total. The highest BCUT2D eigenvalue weighted by Gasteiger charge is 2.14. The van der Waals surface area contributed by atoms with Crippen LogP contribution >= 0.6 is 11.8 Å². The Kier molecular flexibility index (Phi) is 6.15. The van der Waals surface area contributed by atoms with Gasteiger partial charge in [0.2, 0.25) is 5.16 Å².